The molecular weight excluding hydrogens is 318 g/mol. The molecule has 0 radical (unpaired) electrons. The van der Waals surface area contributed by atoms with Crippen LogP contribution in [0.4, 0.5) is 0 Å². The van der Waals surface area contributed by atoms with Crippen molar-refractivity contribution in [3.05, 3.63) is 77.8 Å². The fourth-order valence-electron chi connectivity index (χ4n) is 2.85. The number of pyridine rings is 1. The van der Waals surface area contributed by atoms with Gasteiger partial charge in [0, 0.05) is 33.9 Å². The predicted octanol–water partition coefficient (Wildman–Crippen LogP) is 5.32. The molecule has 0 atom stereocenters. The molecule has 0 spiro atoms. The van der Waals surface area contributed by atoms with Gasteiger partial charge >= 0.3 is 0 Å². The van der Waals surface area contributed by atoms with Crippen molar-refractivity contribution in [2.45, 2.75) is 6.92 Å². The van der Waals surface area contributed by atoms with Crippen LogP contribution in [0.25, 0.3) is 33.3 Å². The third kappa shape index (κ3) is 2.63. The monoisotopic (exact) mass is 331 g/mol. The zero-order valence-electron chi connectivity index (χ0n) is 13.1. The minimum absolute atomic E-state index is 0.708. The second-order valence-corrected chi connectivity index (χ2v) is 6.09. The fraction of sp³-hybridized carbons (Fsp3) is 0.0500. The van der Waals surface area contributed by atoms with Gasteiger partial charge in [-0.2, -0.15) is 0 Å². The van der Waals surface area contributed by atoms with E-state index < -0.39 is 0 Å². The highest BCUT2D eigenvalue weighted by atomic mass is 35.5. The summed E-state index contributed by atoms with van der Waals surface area (Å²) in [4.78, 5) is 13.0. The summed E-state index contributed by atoms with van der Waals surface area (Å²) in [5.41, 5.74) is 6.19. The molecule has 0 amide bonds. The summed E-state index contributed by atoms with van der Waals surface area (Å²) < 4.78 is 0. The van der Waals surface area contributed by atoms with Crippen LogP contribution >= 0.6 is 11.6 Å². The van der Waals surface area contributed by atoms with Gasteiger partial charge in [0.05, 0.1) is 11.2 Å². The van der Waals surface area contributed by atoms with E-state index in [-0.39, 0.29) is 0 Å². The molecule has 0 saturated heterocycles. The van der Waals surface area contributed by atoms with Gasteiger partial charge in [-0.15, -0.1) is 0 Å². The molecule has 116 valence electrons. The summed E-state index contributed by atoms with van der Waals surface area (Å²) in [6.45, 7) is 2.07. The Bertz CT molecular complexity index is 1040. The Morgan fingerprint density at radius 1 is 0.917 bits per heavy atom. The first kappa shape index (κ1) is 14.8. The molecule has 4 heteroatoms. The van der Waals surface area contributed by atoms with Gasteiger partial charge < -0.3 is 0 Å². The van der Waals surface area contributed by atoms with Gasteiger partial charge in [0.1, 0.15) is 6.33 Å². The van der Waals surface area contributed by atoms with Crippen molar-refractivity contribution < 1.29 is 0 Å². The Kier molecular flexibility index (Phi) is 3.71. The maximum absolute atomic E-state index is 6.20. The summed E-state index contributed by atoms with van der Waals surface area (Å²) >= 11 is 6.20. The highest BCUT2D eigenvalue weighted by Crippen LogP contribution is 2.34. The molecule has 4 aromatic rings. The molecule has 2 aromatic heterocycles. The molecule has 0 saturated carbocycles. The van der Waals surface area contributed by atoms with Crippen molar-refractivity contribution in [1.29, 1.82) is 0 Å². The lowest BCUT2D eigenvalue weighted by Gasteiger charge is -2.12. The van der Waals surface area contributed by atoms with Crippen LogP contribution in [0.3, 0.4) is 0 Å². The largest absolute Gasteiger partial charge is 0.256 e. The quantitative estimate of drug-likeness (QED) is 0.499. The van der Waals surface area contributed by atoms with E-state index in [2.05, 4.69) is 40.1 Å². The number of aryl methyl sites for hydroxylation is 1. The molecule has 0 fully saturated rings. The number of rotatable bonds is 2. The zero-order chi connectivity index (χ0) is 16.5. The van der Waals surface area contributed by atoms with E-state index >= 15 is 0 Å². The van der Waals surface area contributed by atoms with Crippen LogP contribution in [0.5, 0.6) is 0 Å². The Hall–Kier alpha value is -2.78. The Labute approximate surface area is 145 Å². The van der Waals surface area contributed by atoms with Crippen molar-refractivity contribution >= 4 is 22.5 Å². The fourth-order valence-corrected chi connectivity index (χ4v) is 3.03. The molecule has 0 unspecified atom stereocenters. The van der Waals surface area contributed by atoms with Crippen molar-refractivity contribution in [2.24, 2.45) is 0 Å². The average molecular weight is 332 g/mol. The second kappa shape index (κ2) is 6.02. The van der Waals surface area contributed by atoms with Crippen LogP contribution in [-0.2, 0) is 0 Å². The number of halogens is 1. The van der Waals surface area contributed by atoms with Gasteiger partial charge in [-0.25, -0.2) is 9.97 Å². The minimum Gasteiger partial charge on any atom is -0.256 e. The maximum Gasteiger partial charge on any atom is 0.116 e. The van der Waals surface area contributed by atoms with Gasteiger partial charge in [0.2, 0.25) is 0 Å². The van der Waals surface area contributed by atoms with Crippen LogP contribution in [0.15, 0.2) is 67.3 Å². The molecule has 0 N–H and O–H groups in total. The number of fused-ring (bicyclic) bond motifs is 1. The van der Waals surface area contributed by atoms with E-state index in [1.807, 2.05) is 42.7 Å². The molecule has 2 heterocycles. The Morgan fingerprint density at radius 3 is 2.75 bits per heavy atom. The van der Waals surface area contributed by atoms with E-state index in [1.54, 1.807) is 6.33 Å². The lowest BCUT2D eigenvalue weighted by Crippen LogP contribution is -1.92. The number of hydrogen-bond donors (Lipinski definition) is 0. The SMILES string of the molecule is Cc1ccc(Cl)cc1-c1ncccc1-c1ccc2ncncc2c1. The van der Waals surface area contributed by atoms with Gasteiger partial charge in [0.25, 0.3) is 0 Å². The summed E-state index contributed by atoms with van der Waals surface area (Å²) in [5.74, 6) is 0. The van der Waals surface area contributed by atoms with E-state index in [4.69, 9.17) is 11.6 Å². The van der Waals surface area contributed by atoms with Crippen LogP contribution in [0.1, 0.15) is 5.56 Å². The highest BCUT2D eigenvalue weighted by molar-refractivity contribution is 6.30. The zero-order valence-corrected chi connectivity index (χ0v) is 13.8. The number of benzene rings is 2. The van der Waals surface area contributed by atoms with Crippen molar-refractivity contribution in [1.82, 2.24) is 15.0 Å². The first-order chi connectivity index (χ1) is 11.7. The molecular formula is C20H14ClN3. The van der Waals surface area contributed by atoms with Crippen LogP contribution in [0, 0.1) is 6.92 Å². The first-order valence-electron chi connectivity index (χ1n) is 7.64. The van der Waals surface area contributed by atoms with Gasteiger partial charge in [0.15, 0.2) is 0 Å². The summed E-state index contributed by atoms with van der Waals surface area (Å²) in [5, 5.41) is 1.71. The molecule has 0 aliphatic carbocycles. The van der Waals surface area contributed by atoms with E-state index in [1.165, 1.54) is 0 Å². The Morgan fingerprint density at radius 2 is 1.83 bits per heavy atom. The second-order valence-electron chi connectivity index (χ2n) is 5.66. The van der Waals surface area contributed by atoms with Gasteiger partial charge in [-0.3, -0.25) is 4.98 Å². The van der Waals surface area contributed by atoms with Crippen LogP contribution in [0.2, 0.25) is 5.02 Å². The molecule has 3 nitrogen and oxygen atoms in total. The van der Waals surface area contributed by atoms with Crippen LogP contribution in [-0.4, -0.2) is 15.0 Å². The molecule has 24 heavy (non-hydrogen) atoms. The minimum atomic E-state index is 0.708. The number of nitrogens with zero attached hydrogens (tertiary/aromatic N) is 3. The van der Waals surface area contributed by atoms with E-state index in [0.29, 0.717) is 5.02 Å². The third-order valence-corrected chi connectivity index (χ3v) is 4.31. The Balaban J connectivity index is 1.94. The van der Waals surface area contributed by atoms with Crippen molar-refractivity contribution in [3.63, 3.8) is 0 Å². The third-order valence-electron chi connectivity index (χ3n) is 4.08. The molecule has 0 aliphatic heterocycles. The summed E-state index contributed by atoms with van der Waals surface area (Å²) in [6.07, 6.45) is 5.20. The highest BCUT2D eigenvalue weighted by Gasteiger charge is 2.12. The molecule has 0 aliphatic rings. The van der Waals surface area contributed by atoms with Crippen molar-refractivity contribution in [2.75, 3.05) is 0 Å². The summed E-state index contributed by atoms with van der Waals surface area (Å²) in [7, 11) is 0. The van der Waals surface area contributed by atoms with Crippen LogP contribution < -0.4 is 0 Å². The average Bonchev–Trinajstić information content (AvgIpc) is 2.63. The lowest BCUT2D eigenvalue weighted by molar-refractivity contribution is 1.22. The molecule has 2 aromatic carbocycles. The van der Waals surface area contributed by atoms with E-state index in [9.17, 15) is 0 Å². The standard InChI is InChI=1S/C20H14ClN3/c1-13-4-6-16(21)10-18(13)20-17(3-2-8-23-20)14-5-7-19-15(9-14)11-22-12-24-19/h2-12H,1H3. The number of hydrogen-bond acceptors (Lipinski definition) is 3. The predicted molar refractivity (Wildman–Crippen MR) is 98.0 cm³/mol. The maximum atomic E-state index is 6.20. The lowest BCUT2D eigenvalue weighted by atomic mass is 9.96. The topological polar surface area (TPSA) is 38.7 Å². The normalized spacial score (nSPS) is 10.9. The number of aromatic nitrogens is 3. The van der Waals surface area contributed by atoms with E-state index in [0.717, 1.165) is 38.9 Å². The molecule has 4 rings (SSSR count). The molecule has 0 bridgehead atoms. The first-order valence-corrected chi connectivity index (χ1v) is 8.02. The smallest absolute Gasteiger partial charge is 0.116 e. The summed E-state index contributed by atoms with van der Waals surface area (Å²) in [6, 6.07) is 16.1. The van der Waals surface area contributed by atoms with Crippen molar-refractivity contribution in [3.8, 4) is 22.4 Å². The van der Waals surface area contributed by atoms with Gasteiger partial charge in [-0.05, 0) is 48.4 Å². The van der Waals surface area contributed by atoms with Gasteiger partial charge in [-0.1, -0.05) is 29.8 Å².